The molecule has 0 aliphatic heterocycles. The summed E-state index contributed by atoms with van der Waals surface area (Å²) in [4.78, 5) is 7.24. The summed E-state index contributed by atoms with van der Waals surface area (Å²) in [5, 5.41) is 0. The summed E-state index contributed by atoms with van der Waals surface area (Å²) in [7, 11) is 0. The third-order valence-corrected chi connectivity index (χ3v) is 3.64. The highest BCUT2D eigenvalue weighted by Crippen LogP contribution is 2.20. The van der Waals surface area contributed by atoms with Crippen LogP contribution >= 0.6 is 28.1 Å². The molecule has 2 heterocycles. The number of imidazole rings is 1. The Labute approximate surface area is 118 Å². The summed E-state index contributed by atoms with van der Waals surface area (Å²) < 4.78 is 3.87. The minimum atomic E-state index is 0.736. The van der Waals surface area contributed by atoms with Crippen LogP contribution in [-0.4, -0.2) is 14.5 Å². The quantitative estimate of drug-likeness (QED) is 0.727. The van der Waals surface area contributed by atoms with Gasteiger partial charge >= 0.3 is 0 Å². The van der Waals surface area contributed by atoms with E-state index in [-0.39, 0.29) is 0 Å². The van der Waals surface area contributed by atoms with Crippen molar-refractivity contribution in [2.45, 2.75) is 6.54 Å². The van der Waals surface area contributed by atoms with E-state index in [1.807, 2.05) is 24.3 Å². The Morgan fingerprint density at radius 1 is 1.22 bits per heavy atom. The van der Waals surface area contributed by atoms with Crippen LogP contribution in [0.3, 0.4) is 0 Å². The topological polar surface area (TPSA) is 33.6 Å². The van der Waals surface area contributed by atoms with Crippen LogP contribution in [0.1, 0.15) is 5.56 Å². The molecule has 0 unspecified atom stereocenters. The summed E-state index contributed by atoms with van der Waals surface area (Å²) in [6.45, 7) is 0.753. The molecule has 0 amide bonds. The number of halogens is 1. The Hall–Kier alpha value is -1.46. The van der Waals surface area contributed by atoms with E-state index < -0.39 is 0 Å². The molecule has 0 saturated carbocycles. The number of rotatable bonds is 2. The van der Waals surface area contributed by atoms with Crippen molar-refractivity contribution in [3.63, 3.8) is 0 Å². The van der Waals surface area contributed by atoms with Crippen molar-refractivity contribution < 1.29 is 0 Å². The predicted molar refractivity (Wildman–Crippen MR) is 78.2 cm³/mol. The van der Waals surface area contributed by atoms with Gasteiger partial charge in [0.2, 0.25) is 0 Å². The van der Waals surface area contributed by atoms with Crippen molar-refractivity contribution in [1.29, 1.82) is 0 Å². The normalized spacial score (nSPS) is 10.9. The highest BCUT2D eigenvalue weighted by molar-refractivity contribution is 9.10. The zero-order chi connectivity index (χ0) is 12.5. The minimum Gasteiger partial charge on any atom is -0.331 e. The maximum atomic E-state index is 5.37. The van der Waals surface area contributed by atoms with Gasteiger partial charge < -0.3 is 9.55 Å². The molecule has 2 aromatic heterocycles. The molecule has 0 atom stereocenters. The van der Waals surface area contributed by atoms with E-state index in [0.29, 0.717) is 0 Å². The van der Waals surface area contributed by atoms with E-state index >= 15 is 0 Å². The second-order valence-electron chi connectivity index (χ2n) is 4.03. The first kappa shape index (κ1) is 11.6. The number of H-pyrrole nitrogens is 1. The molecule has 0 aliphatic carbocycles. The third kappa shape index (κ3) is 2.11. The van der Waals surface area contributed by atoms with Gasteiger partial charge in [-0.3, -0.25) is 4.98 Å². The molecule has 3 nitrogen and oxygen atoms in total. The zero-order valence-electron chi connectivity index (χ0n) is 9.43. The van der Waals surface area contributed by atoms with E-state index in [1.165, 1.54) is 5.56 Å². The molecular formula is C13H10BrN3S. The van der Waals surface area contributed by atoms with Crippen LogP contribution in [0.5, 0.6) is 0 Å². The highest BCUT2D eigenvalue weighted by atomic mass is 79.9. The fraction of sp³-hybridized carbons (Fsp3) is 0.0769. The molecule has 0 bridgehead atoms. The molecule has 18 heavy (non-hydrogen) atoms. The summed E-state index contributed by atoms with van der Waals surface area (Å²) >= 11 is 8.83. The van der Waals surface area contributed by atoms with Gasteiger partial charge in [0.1, 0.15) is 0 Å². The van der Waals surface area contributed by atoms with E-state index in [0.717, 1.165) is 26.8 Å². The van der Waals surface area contributed by atoms with Gasteiger partial charge in [0, 0.05) is 16.9 Å². The monoisotopic (exact) mass is 319 g/mol. The Bertz CT molecular complexity index is 746. The average Bonchev–Trinajstić information content (AvgIpc) is 2.66. The highest BCUT2D eigenvalue weighted by Gasteiger charge is 2.05. The lowest BCUT2D eigenvalue weighted by Crippen LogP contribution is -1.99. The second kappa shape index (κ2) is 4.66. The standard InChI is InChI=1S/C13H10BrN3S/c14-10-1-2-12-11(7-10)16-13(18)17(12)8-9-3-5-15-6-4-9/h1-7H,8H2,(H,16,18). The Morgan fingerprint density at radius 3 is 2.78 bits per heavy atom. The maximum absolute atomic E-state index is 5.37. The fourth-order valence-electron chi connectivity index (χ4n) is 1.96. The molecule has 1 N–H and O–H groups in total. The first-order valence-corrected chi connectivity index (χ1v) is 6.71. The number of nitrogens with one attached hydrogen (secondary N) is 1. The summed E-state index contributed by atoms with van der Waals surface area (Å²) in [5.41, 5.74) is 3.34. The van der Waals surface area contributed by atoms with Gasteiger partial charge in [0.25, 0.3) is 0 Å². The summed E-state index contributed by atoms with van der Waals surface area (Å²) in [6.07, 6.45) is 3.59. The molecule has 0 radical (unpaired) electrons. The van der Waals surface area contributed by atoms with Crippen molar-refractivity contribution in [1.82, 2.24) is 14.5 Å². The Balaban J connectivity index is 2.12. The van der Waals surface area contributed by atoms with Crippen molar-refractivity contribution in [3.8, 4) is 0 Å². The van der Waals surface area contributed by atoms with Gasteiger partial charge in [-0.05, 0) is 48.1 Å². The zero-order valence-corrected chi connectivity index (χ0v) is 11.8. The number of fused-ring (bicyclic) bond motifs is 1. The van der Waals surface area contributed by atoms with Crippen molar-refractivity contribution in [3.05, 3.63) is 57.5 Å². The molecule has 0 spiro atoms. The number of hydrogen-bond acceptors (Lipinski definition) is 2. The molecule has 3 aromatic rings. The van der Waals surface area contributed by atoms with Crippen LogP contribution in [0.25, 0.3) is 11.0 Å². The fourth-order valence-corrected chi connectivity index (χ4v) is 2.60. The number of pyridine rings is 1. The molecule has 0 aliphatic rings. The first-order chi connectivity index (χ1) is 8.74. The van der Waals surface area contributed by atoms with Crippen LogP contribution in [0.4, 0.5) is 0 Å². The molecule has 0 saturated heterocycles. The maximum Gasteiger partial charge on any atom is 0.178 e. The van der Waals surface area contributed by atoms with E-state index in [2.05, 4.69) is 36.5 Å². The van der Waals surface area contributed by atoms with Crippen molar-refractivity contribution >= 4 is 39.2 Å². The van der Waals surface area contributed by atoms with Gasteiger partial charge in [-0.15, -0.1) is 0 Å². The van der Waals surface area contributed by atoms with Gasteiger partial charge in [-0.1, -0.05) is 15.9 Å². The summed E-state index contributed by atoms with van der Waals surface area (Å²) in [6, 6.07) is 10.1. The molecule has 1 aromatic carbocycles. The van der Waals surface area contributed by atoms with Gasteiger partial charge in [-0.2, -0.15) is 0 Å². The number of aromatic nitrogens is 3. The number of nitrogens with zero attached hydrogens (tertiary/aromatic N) is 2. The van der Waals surface area contributed by atoms with Crippen LogP contribution in [0, 0.1) is 4.77 Å². The van der Waals surface area contributed by atoms with Crippen LogP contribution in [0.15, 0.2) is 47.2 Å². The second-order valence-corrected chi connectivity index (χ2v) is 5.34. The summed E-state index contributed by atoms with van der Waals surface area (Å²) in [5.74, 6) is 0. The average molecular weight is 320 g/mol. The molecule has 3 rings (SSSR count). The van der Waals surface area contributed by atoms with Crippen molar-refractivity contribution in [2.75, 3.05) is 0 Å². The van der Waals surface area contributed by atoms with Crippen LogP contribution in [0.2, 0.25) is 0 Å². The SMILES string of the molecule is S=c1[nH]c2cc(Br)ccc2n1Cc1ccncc1. The van der Waals surface area contributed by atoms with E-state index in [4.69, 9.17) is 12.2 Å². The molecule has 5 heteroatoms. The Morgan fingerprint density at radius 2 is 2.00 bits per heavy atom. The smallest absolute Gasteiger partial charge is 0.178 e. The number of hydrogen-bond donors (Lipinski definition) is 1. The van der Waals surface area contributed by atoms with Crippen LogP contribution < -0.4 is 0 Å². The van der Waals surface area contributed by atoms with Gasteiger partial charge in [0.15, 0.2) is 4.77 Å². The van der Waals surface area contributed by atoms with E-state index in [1.54, 1.807) is 12.4 Å². The lowest BCUT2D eigenvalue weighted by atomic mass is 10.2. The molecule has 90 valence electrons. The minimum absolute atomic E-state index is 0.736. The van der Waals surface area contributed by atoms with Gasteiger partial charge in [0.05, 0.1) is 17.6 Å². The largest absolute Gasteiger partial charge is 0.331 e. The predicted octanol–water partition coefficient (Wildman–Crippen LogP) is 3.90. The molecular weight excluding hydrogens is 310 g/mol. The van der Waals surface area contributed by atoms with Crippen molar-refractivity contribution in [2.24, 2.45) is 0 Å². The Kier molecular flexibility index (Phi) is 3.01. The first-order valence-electron chi connectivity index (χ1n) is 5.51. The van der Waals surface area contributed by atoms with E-state index in [9.17, 15) is 0 Å². The number of benzene rings is 1. The van der Waals surface area contributed by atoms with Crippen LogP contribution in [-0.2, 0) is 6.54 Å². The lowest BCUT2D eigenvalue weighted by Gasteiger charge is -2.04. The van der Waals surface area contributed by atoms with Gasteiger partial charge in [-0.25, -0.2) is 0 Å². The lowest BCUT2D eigenvalue weighted by molar-refractivity contribution is 0.809. The molecule has 0 fully saturated rings. The third-order valence-electron chi connectivity index (χ3n) is 2.83. The number of aromatic amines is 1.